The summed E-state index contributed by atoms with van der Waals surface area (Å²) in [6.07, 6.45) is -5.99. The van der Waals surface area contributed by atoms with Gasteiger partial charge in [0.15, 0.2) is 17.9 Å². The molecule has 0 amide bonds. The molecule has 0 aliphatic carbocycles. The molecule has 4 aromatic carbocycles. The predicted octanol–water partition coefficient (Wildman–Crippen LogP) is 3.85. The van der Waals surface area contributed by atoms with Crippen molar-refractivity contribution in [3.8, 4) is 0 Å². The van der Waals surface area contributed by atoms with Gasteiger partial charge < -0.3 is 33.9 Å². The molecule has 1 aliphatic heterocycles. The van der Waals surface area contributed by atoms with Crippen molar-refractivity contribution in [1.29, 1.82) is 0 Å². The van der Waals surface area contributed by atoms with Gasteiger partial charge in [-0.15, -0.1) is 0 Å². The summed E-state index contributed by atoms with van der Waals surface area (Å²) in [7, 11) is -4.42. The molecular weight excluding hydrogens is 769 g/mol. The van der Waals surface area contributed by atoms with Crippen LogP contribution in [0.4, 0.5) is 0 Å². The second kappa shape index (κ2) is 19.8. The van der Waals surface area contributed by atoms with Crippen LogP contribution in [0.3, 0.4) is 0 Å². The minimum Gasteiger partial charge on any atom is -0.394 e. The van der Waals surface area contributed by atoms with Gasteiger partial charge in [-0.2, -0.15) is 8.42 Å². The minimum absolute atomic E-state index is 0.0228. The van der Waals surface area contributed by atoms with Gasteiger partial charge in [0, 0.05) is 11.8 Å². The molecule has 1 aliphatic rings. The lowest BCUT2D eigenvalue weighted by molar-refractivity contribution is -0.225. The Morgan fingerprint density at radius 3 is 1.78 bits per heavy atom. The maximum Gasteiger partial charge on any atom is 0.335 e. The van der Waals surface area contributed by atoms with Crippen molar-refractivity contribution in [2.45, 2.75) is 76.3 Å². The van der Waals surface area contributed by atoms with Crippen LogP contribution in [-0.4, -0.2) is 77.3 Å². The second-order valence-corrected chi connectivity index (χ2v) is 15.6. The highest BCUT2D eigenvalue weighted by atomic mass is 32.2. The zero-order valence-electron chi connectivity index (χ0n) is 32.2. The number of hydrogen-bond acceptors (Lipinski definition) is 12. The van der Waals surface area contributed by atoms with Crippen molar-refractivity contribution in [3.63, 3.8) is 0 Å². The third kappa shape index (κ3) is 10.4. The van der Waals surface area contributed by atoms with E-state index in [2.05, 4.69) is 0 Å². The summed E-state index contributed by atoms with van der Waals surface area (Å²) in [5.74, 6) is 0. The summed E-state index contributed by atoms with van der Waals surface area (Å²) in [6, 6.07) is 36.7. The number of aliphatic hydroxyl groups excluding tert-OH is 2. The number of nitrogens with zero attached hydrogens (tertiary/aromatic N) is 2. The Balaban J connectivity index is 1.47. The third-order valence-corrected chi connectivity index (χ3v) is 10.3. The summed E-state index contributed by atoms with van der Waals surface area (Å²) in [6.45, 7) is -0.0471. The van der Waals surface area contributed by atoms with Gasteiger partial charge in [-0.1, -0.05) is 121 Å². The van der Waals surface area contributed by atoms with E-state index in [0.717, 1.165) is 32.1 Å². The Morgan fingerprint density at radius 1 is 0.759 bits per heavy atom. The minimum atomic E-state index is -4.42. The van der Waals surface area contributed by atoms with E-state index in [1.165, 1.54) is 13.1 Å². The van der Waals surface area contributed by atoms with Gasteiger partial charge in [-0.05, 0) is 29.2 Å². The molecule has 15 heteroatoms. The second-order valence-electron chi connectivity index (χ2n) is 14.0. The largest absolute Gasteiger partial charge is 0.394 e. The molecule has 14 nitrogen and oxygen atoms in total. The Morgan fingerprint density at radius 2 is 1.26 bits per heavy atom. The van der Waals surface area contributed by atoms with Crippen LogP contribution in [0.25, 0.3) is 0 Å². The molecule has 1 fully saturated rings. The lowest BCUT2D eigenvalue weighted by atomic mass is 9.83. The molecular formula is C43H48N2O12S. The van der Waals surface area contributed by atoms with Crippen LogP contribution in [0.5, 0.6) is 0 Å². The first kappa shape index (κ1) is 42.8. The fourth-order valence-corrected chi connectivity index (χ4v) is 7.55. The van der Waals surface area contributed by atoms with E-state index in [0.29, 0.717) is 5.56 Å². The molecule has 5 aromatic rings. The monoisotopic (exact) mass is 816 g/mol. The Hall–Kier alpha value is -4.81. The van der Waals surface area contributed by atoms with Crippen LogP contribution in [-0.2, 0) is 71.1 Å². The van der Waals surface area contributed by atoms with Gasteiger partial charge >= 0.3 is 5.69 Å². The number of hydrogen-bond donors (Lipinski definition) is 2. The summed E-state index contributed by atoms with van der Waals surface area (Å²) in [5, 5.41) is 22.7. The van der Waals surface area contributed by atoms with Crippen LogP contribution in [0.15, 0.2) is 137 Å². The molecule has 0 saturated carbocycles. The number of aryl methyl sites for hydroxylation is 1. The van der Waals surface area contributed by atoms with Crippen LogP contribution in [0.2, 0.25) is 0 Å². The van der Waals surface area contributed by atoms with Crippen molar-refractivity contribution in [2.24, 2.45) is 0 Å². The van der Waals surface area contributed by atoms with E-state index in [1.807, 2.05) is 91.0 Å². The average Bonchev–Trinajstić information content (AvgIpc) is 3.54. The van der Waals surface area contributed by atoms with E-state index in [-0.39, 0.29) is 38.6 Å². The maximum absolute atomic E-state index is 14.4. The molecule has 58 heavy (non-hydrogen) atoms. The highest BCUT2D eigenvalue weighted by Crippen LogP contribution is 2.47. The van der Waals surface area contributed by atoms with Gasteiger partial charge in [0.1, 0.15) is 25.0 Å². The molecule has 1 saturated heterocycles. The Labute approximate surface area is 336 Å². The molecule has 1 aromatic heterocycles. The molecule has 2 heterocycles. The number of ether oxygens (including phenoxy) is 5. The standard InChI is InChI=1S/C43H48N2O12S/c1-31-23-44(42(49)45(40(31)48)30-53-26-33-17-9-4-10-18-33)41-39(57-58(2,50)51)43(37(47)24-46,55-28-35-21-13-6-14-22-35)38(56-41)36(54-27-34-19-11-5-12-20-34)29-52-25-32-15-7-3-8-16-32/h3-23,36-39,41,46-47H,24-30H2,1-2H3/t36-,37+,38-,39+,41-,43-/m1/s1. The normalized spacial score (nSPS) is 20.5. The van der Waals surface area contributed by atoms with Gasteiger partial charge in [-0.3, -0.25) is 13.5 Å². The third-order valence-electron chi connectivity index (χ3n) is 9.75. The lowest BCUT2D eigenvalue weighted by Gasteiger charge is -2.42. The highest BCUT2D eigenvalue weighted by molar-refractivity contribution is 7.86. The number of aromatic nitrogens is 2. The van der Waals surface area contributed by atoms with Crippen molar-refractivity contribution in [1.82, 2.24) is 9.13 Å². The number of benzene rings is 4. The van der Waals surface area contributed by atoms with Crippen molar-refractivity contribution < 1.29 is 46.5 Å². The Kier molecular flexibility index (Phi) is 14.6. The van der Waals surface area contributed by atoms with Crippen molar-refractivity contribution in [3.05, 3.63) is 176 Å². The van der Waals surface area contributed by atoms with E-state index >= 15 is 0 Å². The van der Waals surface area contributed by atoms with Gasteiger partial charge in [0.25, 0.3) is 15.7 Å². The molecule has 0 unspecified atom stereocenters. The SMILES string of the molecule is Cc1cn([C@@H]2O[C@H]([C@@H](COCc3ccccc3)OCc3ccccc3)[C@](OCc3ccccc3)([C@@H](O)CO)[C@H]2OS(C)(=O)=O)c(=O)n(COCc2ccccc2)c1=O. The van der Waals surface area contributed by atoms with Crippen molar-refractivity contribution in [2.75, 3.05) is 19.5 Å². The maximum atomic E-state index is 14.4. The van der Waals surface area contributed by atoms with Gasteiger partial charge in [-0.25, -0.2) is 9.36 Å². The molecule has 0 spiro atoms. The van der Waals surface area contributed by atoms with E-state index in [9.17, 15) is 28.2 Å². The first-order chi connectivity index (χ1) is 28.0. The number of rotatable bonds is 20. The smallest absolute Gasteiger partial charge is 0.335 e. The van der Waals surface area contributed by atoms with Crippen LogP contribution >= 0.6 is 0 Å². The Bertz CT molecular complexity index is 2280. The molecule has 0 radical (unpaired) electrons. The van der Waals surface area contributed by atoms with Crippen LogP contribution < -0.4 is 11.2 Å². The topological polar surface area (TPSA) is 174 Å². The van der Waals surface area contributed by atoms with E-state index in [4.69, 9.17) is 27.9 Å². The molecule has 6 atom stereocenters. The summed E-state index contributed by atoms with van der Waals surface area (Å²) < 4.78 is 65.9. The quantitative estimate of drug-likeness (QED) is 0.109. The van der Waals surface area contributed by atoms with E-state index < -0.39 is 70.9 Å². The molecule has 308 valence electrons. The molecule has 6 rings (SSSR count). The summed E-state index contributed by atoms with van der Waals surface area (Å²) in [5.41, 5.74) is -0.662. The van der Waals surface area contributed by atoms with E-state index in [1.54, 1.807) is 30.3 Å². The average molecular weight is 817 g/mol. The summed E-state index contributed by atoms with van der Waals surface area (Å²) in [4.78, 5) is 27.8. The first-order valence-corrected chi connectivity index (χ1v) is 20.5. The van der Waals surface area contributed by atoms with Crippen LogP contribution in [0, 0.1) is 6.92 Å². The van der Waals surface area contributed by atoms with Crippen molar-refractivity contribution >= 4 is 10.1 Å². The van der Waals surface area contributed by atoms with Crippen LogP contribution in [0.1, 0.15) is 34.0 Å². The zero-order valence-corrected chi connectivity index (χ0v) is 33.1. The fraction of sp³-hybridized carbons (Fsp3) is 0.349. The first-order valence-electron chi connectivity index (χ1n) is 18.7. The molecule has 0 bridgehead atoms. The predicted molar refractivity (Wildman–Crippen MR) is 213 cm³/mol. The highest BCUT2D eigenvalue weighted by Gasteiger charge is 2.66. The molecule has 2 N–H and O–H groups in total. The fourth-order valence-electron chi connectivity index (χ4n) is 6.93. The lowest BCUT2D eigenvalue weighted by Crippen LogP contribution is -2.64. The van der Waals surface area contributed by atoms with Gasteiger partial charge in [0.05, 0.1) is 45.9 Å². The summed E-state index contributed by atoms with van der Waals surface area (Å²) >= 11 is 0. The zero-order chi connectivity index (χ0) is 41.1. The van der Waals surface area contributed by atoms with Gasteiger partial charge in [0.2, 0.25) is 0 Å². The number of aliphatic hydroxyl groups is 2.